The van der Waals surface area contributed by atoms with Gasteiger partial charge in [0.05, 0.1) is 5.69 Å². The molecule has 2 aromatic rings. The molecule has 2 rings (SSSR count). The first-order valence-electron chi connectivity index (χ1n) is 5.65. The molecule has 1 unspecified atom stereocenters. The summed E-state index contributed by atoms with van der Waals surface area (Å²) in [7, 11) is 0. The van der Waals surface area contributed by atoms with Crippen LogP contribution in [0.1, 0.15) is 51.0 Å². The van der Waals surface area contributed by atoms with E-state index < -0.39 is 0 Å². The van der Waals surface area contributed by atoms with Gasteiger partial charge in [0.15, 0.2) is 11.7 Å². The Labute approximate surface area is 99.8 Å². The van der Waals surface area contributed by atoms with Gasteiger partial charge < -0.3 is 4.42 Å². The molecule has 0 radical (unpaired) electrons. The van der Waals surface area contributed by atoms with Crippen molar-refractivity contribution in [3.8, 4) is 0 Å². The molecule has 6 nitrogen and oxygen atoms in total. The molecule has 0 aromatic carbocycles. The molecule has 1 atom stereocenters. The van der Waals surface area contributed by atoms with Crippen molar-refractivity contribution in [3.05, 3.63) is 23.7 Å². The van der Waals surface area contributed by atoms with Gasteiger partial charge in [0.2, 0.25) is 0 Å². The van der Waals surface area contributed by atoms with Crippen LogP contribution >= 0.6 is 0 Å². The van der Waals surface area contributed by atoms with Crippen molar-refractivity contribution in [1.82, 2.24) is 25.6 Å². The van der Waals surface area contributed by atoms with Crippen LogP contribution in [0.15, 0.2) is 10.7 Å². The maximum Gasteiger partial charge on any atom is 0.199 e. The second-order valence-corrected chi connectivity index (χ2v) is 5.27. The van der Waals surface area contributed by atoms with Gasteiger partial charge in [-0.3, -0.25) is 0 Å². The largest absolute Gasteiger partial charge is 0.448 e. The predicted octanol–water partition coefficient (Wildman–Crippen LogP) is 1.83. The van der Waals surface area contributed by atoms with Gasteiger partial charge in [0.25, 0.3) is 0 Å². The van der Waals surface area contributed by atoms with Crippen LogP contribution in [-0.2, 0) is 11.8 Å². The first-order valence-corrected chi connectivity index (χ1v) is 5.65. The molecule has 0 aliphatic rings. The fourth-order valence-electron chi connectivity index (χ4n) is 1.53. The van der Waals surface area contributed by atoms with E-state index in [1.807, 2.05) is 6.92 Å². The van der Waals surface area contributed by atoms with Crippen molar-refractivity contribution < 1.29 is 4.42 Å². The number of H-pyrrole nitrogens is 1. The molecule has 1 N–H and O–H groups in total. The van der Waals surface area contributed by atoms with E-state index in [1.54, 1.807) is 6.26 Å². The second-order valence-electron chi connectivity index (χ2n) is 5.27. The third-order valence-corrected chi connectivity index (χ3v) is 2.51. The van der Waals surface area contributed by atoms with Crippen molar-refractivity contribution in [3.63, 3.8) is 0 Å². The number of nitrogens with zero attached hydrogens (tertiary/aromatic N) is 4. The van der Waals surface area contributed by atoms with Crippen molar-refractivity contribution in [2.24, 2.45) is 0 Å². The molecule has 2 heterocycles. The quantitative estimate of drug-likeness (QED) is 0.877. The lowest BCUT2D eigenvalue weighted by atomic mass is 9.97. The Morgan fingerprint density at radius 3 is 2.71 bits per heavy atom. The molecule has 17 heavy (non-hydrogen) atoms. The van der Waals surface area contributed by atoms with Crippen LogP contribution in [-0.4, -0.2) is 25.6 Å². The summed E-state index contributed by atoms with van der Waals surface area (Å²) in [5.41, 5.74) is 0.861. The lowest BCUT2D eigenvalue weighted by molar-refractivity contribution is 0.392. The second kappa shape index (κ2) is 4.27. The summed E-state index contributed by atoms with van der Waals surface area (Å²) >= 11 is 0. The number of tetrazole rings is 1. The first-order chi connectivity index (χ1) is 7.97. The number of aromatic nitrogens is 5. The fourth-order valence-corrected chi connectivity index (χ4v) is 1.53. The number of hydrogen-bond acceptors (Lipinski definition) is 5. The van der Waals surface area contributed by atoms with Gasteiger partial charge in [-0.1, -0.05) is 32.9 Å². The van der Waals surface area contributed by atoms with Gasteiger partial charge in [-0.15, -0.1) is 10.2 Å². The minimum absolute atomic E-state index is 0.0619. The van der Waals surface area contributed by atoms with Crippen LogP contribution in [0.25, 0.3) is 0 Å². The number of rotatable bonds is 3. The standard InChI is InChI=1S/C11H17N5O/c1-7(9-13-15-16-14-9)5-8-6-17-10(12-8)11(2,3)4/h6-7H,5H2,1-4H3,(H,13,14,15,16). The van der Waals surface area contributed by atoms with E-state index in [0.717, 1.165) is 18.0 Å². The maximum atomic E-state index is 5.47. The van der Waals surface area contributed by atoms with E-state index in [4.69, 9.17) is 4.42 Å². The molecule has 0 spiro atoms. The third-order valence-electron chi connectivity index (χ3n) is 2.51. The molecule has 0 aliphatic heterocycles. The van der Waals surface area contributed by atoms with Crippen LogP contribution in [0.3, 0.4) is 0 Å². The van der Waals surface area contributed by atoms with Crippen LogP contribution < -0.4 is 0 Å². The van der Waals surface area contributed by atoms with Crippen molar-refractivity contribution in [2.75, 3.05) is 0 Å². The highest BCUT2D eigenvalue weighted by Crippen LogP contribution is 2.23. The summed E-state index contributed by atoms with van der Waals surface area (Å²) in [6.07, 6.45) is 2.45. The molecule has 0 fully saturated rings. The third kappa shape index (κ3) is 2.69. The topological polar surface area (TPSA) is 80.5 Å². The minimum atomic E-state index is -0.0619. The Balaban J connectivity index is 2.07. The Morgan fingerprint density at radius 2 is 2.18 bits per heavy atom. The highest BCUT2D eigenvalue weighted by Gasteiger charge is 2.21. The fraction of sp³-hybridized carbons (Fsp3) is 0.636. The normalized spacial score (nSPS) is 13.9. The van der Waals surface area contributed by atoms with Gasteiger partial charge in [0, 0.05) is 17.8 Å². The van der Waals surface area contributed by atoms with Crippen molar-refractivity contribution >= 4 is 0 Å². The van der Waals surface area contributed by atoms with E-state index in [1.165, 1.54) is 0 Å². The smallest absolute Gasteiger partial charge is 0.199 e. The molecule has 0 bridgehead atoms. The summed E-state index contributed by atoms with van der Waals surface area (Å²) in [6, 6.07) is 0. The molecule has 2 aromatic heterocycles. The molecule has 92 valence electrons. The summed E-state index contributed by atoms with van der Waals surface area (Å²) in [6.45, 7) is 8.26. The summed E-state index contributed by atoms with van der Waals surface area (Å²) in [4.78, 5) is 4.48. The van der Waals surface area contributed by atoms with E-state index in [2.05, 4.69) is 46.4 Å². The van der Waals surface area contributed by atoms with Crippen LogP contribution in [0, 0.1) is 0 Å². The number of nitrogens with one attached hydrogen (secondary N) is 1. The van der Waals surface area contributed by atoms with Gasteiger partial charge in [-0.25, -0.2) is 4.98 Å². The van der Waals surface area contributed by atoms with Crippen LogP contribution in [0.5, 0.6) is 0 Å². The van der Waals surface area contributed by atoms with Crippen molar-refractivity contribution in [2.45, 2.75) is 45.4 Å². The van der Waals surface area contributed by atoms with E-state index >= 15 is 0 Å². The van der Waals surface area contributed by atoms with Crippen LogP contribution in [0.4, 0.5) is 0 Å². The maximum absolute atomic E-state index is 5.47. The van der Waals surface area contributed by atoms with E-state index in [9.17, 15) is 0 Å². The monoisotopic (exact) mass is 235 g/mol. The Bertz CT molecular complexity index is 468. The average Bonchev–Trinajstić information content (AvgIpc) is 2.85. The predicted molar refractivity (Wildman–Crippen MR) is 61.5 cm³/mol. The first kappa shape index (κ1) is 11.8. The molecule has 0 aliphatic carbocycles. The van der Waals surface area contributed by atoms with Gasteiger partial charge >= 0.3 is 0 Å². The SMILES string of the molecule is CC(Cc1coc(C(C)(C)C)n1)c1nn[nH]n1. The lowest BCUT2D eigenvalue weighted by Crippen LogP contribution is -2.11. The number of oxazole rings is 1. The average molecular weight is 235 g/mol. The van der Waals surface area contributed by atoms with Gasteiger partial charge in [-0.2, -0.15) is 5.21 Å². The van der Waals surface area contributed by atoms with Crippen LogP contribution in [0.2, 0.25) is 0 Å². The molecule has 0 saturated carbocycles. The zero-order valence-electron chi connectivity index (χ0n) is 10.6. The Hall–Kier alpha value is -1.72. The summed E-state index contributed by atoms with van der Waals surface area (Å²) in [5.74, 6) is 1.63. The summed E-state index contributed by atoms with van der Waals surface area (Å²) in [5, 5.41) is 13.9. The molecular formula is C11H17N5O. The lowest BCUT2D eigenvalue weighted by Gasteiger charge is -2.11. The highest BCUT2D eigenvalue weighted by molar-refractivity contribution is 5.07. The highest BCUT2D eigenvalue weighted by atomic mass is 16.3. The molecule has 6 heteroatoms. The number of hydrogen-bond donors (Lipinski definition) is 1. The van der Waals surface area contributed by atoms with Gasteiger partial charge in [-0.05, 0) is 0 Å². The van der Waals surface area contributed by atoms with E-state index in [0.29, 0.717) is 5.82 Å². The van der Waals surface area contributed by atoms with Gasteiger partial charge in [0.1, 0.15) is 6.26 Å². The summed E-state index contributed by atoms with van der Waals surface area (Å²) < 4.78 is 5.47. The molecule has 0 amide bonds. The van der Waals surface area contributed by atoms with E-state index in [-0.39, 0.29) is 11.3 Å². The minimum Gasteiger partial charge on any atom is -0.448 e. The Morgan fingerprint density at radius 1 is 1.41 bits per heavy atom. The number of aromatic amines is 1. The molecule has 0 saturated heterocycles. The zero-order chi connectivity index (χ0) is 12.5. The van der Waals surface area contributed by atoms with Crippen molar-refractivity contribution in [1.29, 1.82) is 0 Å². The zero-order valence-corrected chi connectivity index (χ0v) is 10.6. The Kier molecular flexibility index (Phi) is 2.95. The molecular weight excluding hydrogens is 218 g/mol.